The van der Waals surface area contributed by atoms with Gasteiger partial charge in [-0.15, -0.1) is 11.3 Å². The van der Waals surface area contributed by atoms with Crippen LogP contribution in [0.1, 0.15) is 18.8 Å². The summed E-state index contributed by atoms with van der Waals surface area (Å²) in [4.78, 5) is 21.9. The number of hydrogen-bond acceptors (Lipinski definition) is 6. The number of thiophene rings is 1. The van der Waals surface area contributed by atoms with E-state index >= 15 is 0 Å². The van der Waals surface area contributed by atoms with Crippen molar-refractivity contribution in [3.8, 4) is 0 Å². The second-order valence-electron chi connectivity index (χ2n) is 6.64. The van der Waals surface area contributed by atoms with Gasteiger partial charge in [0.05, 0.1) is 20.7 Å². The maximum absolute atomic E-state index is 12.8. The minimum absolute atomic E-state index is 0.113. The molecule has 1 aromatic carbocycles. The molecule has 0 spiro atoms. The molecule has 3 aromatic rings. The van der Waals surface area contributed by atoms with Gasteiger partial charge in [0.25, 0.3) is 15.6 Å². The lowest BCUT2D eigenvalue weighted by molar-refractivity contribution is 0.141. The molecule has 1 fully saturated rings. The maximum atomic E-state index is 12.8. The van der Waals surface area contributed by atoms with E-state index in [1.54, 1.807) is 18.2 Å². The van der Waals surface area contributed by atoms with Crippen LogP contribution in [0, 0.1) is 0 Å². The van der Waals surface area contributed by atoms with E-state index in [9.17, 15) is 13.2 Å². The molecule has 3 heterocycles. The van der Waals surface area contributed by atoms with Gasteiger partial charge in [-0.25, -0.2) is 13.4 Å². The van der Waals surface area contributed by atoms with E-state index in [-0.39, 0.29) is 11.6 Å². The van der Waals surface area contributed by atoms with E-state index in [1.807, 2.05) is 25.1 Å². The number of H-pyrrole nitrogens is 1. The van der Waals surface area contributed by atoms with E-state index in [0.717, 1.165) is 3.79 Å². The van der Waals surface area contributed by atoms with Crippen LogP contribution in [-0.2, 0) is 10.0 Å². The fraction of sp³-hybridized carbons (Fsp3) is 0.333. The van der Waals surface area contributed by atoms with E-state index in [0.29, 0.717) is 47.1 Å². The van der Waals surface area contributed by atoms with Crippen molar-refractivity contribution in [2.24, 2.45) is 0 Å². The van der Waals surface area contributed by atoms with Crippen molar-refractivity contribution in [2.45, 2.75) is 17.2 Å². The van der Waals surface area contributed by atoms with Gasteiger partial charge in [-0.2, -0.15) is 4.31 Å². The van der Waals surface area contributed by atoms with Crippen molar-refractivity contribution < 1.29 is 8.42 Å². The Morgan fingerprint density at radius 1 is 1.14 bits per heavy atom. The standard InChI is InChI=1S/C18H19BrN4O3S2/c1-12(17-20-14-5-3-2-4-13(14)18(24)21-17)22-8-10-23(11-9-22)28(25,26)16-7-6-15(19)27-16/h2-7,12H,8-11H2,1H3,(H,20,21,24). The third kappa shape index (κ3) is 3.67. The quantitative estimate of drug-likeness (QED) is 0.617. The minimum Gasteiger partial charge on any atom is -0.309 e. The first-order chi connectivity index (χ1) is 13.4. The summed E-state index contributed by atoms with van der Waals surface area (Å²) in [6, 6.07) is 10.5. The highest BCUT2D eigenvalue weighted by atomic mass is 79.9. The summed E-state index contributed by atoms with van der Waals surface area (Å²) in [5.41, 5.74) is 0.509. The Morgan fingerprint density at radius 2 is 1.86 bits per heavy atom. The normalized spacial score (nSPS) is 17.8. The first kappa shape index (κ1) is 19.7. The smallest absolute Gasteiger partial charge is 0.258 e. The summed E-state index contributed by atoms with van der Waals surface area (Å²) in [5.74, 6) is 0.599. The number of halogens is 1. The fourth-order valence-electron chi connectivity index (χ4n) is 3.37. The Labute approximate surface area is 175 Å². The van der Waals surface area contributed by atoms with E-state index in [4.69, 9.17) is 0 Å². The highest BCUT2D eigenvalue weighted by Crippen LogP contribution is 2.29. The average Bonchev–Trinajstić information content (AvgIpc) is 3.15. The van der Waals surface area contributed by atoms with Crippen molar-refractivity contribution in [1.82, 2.24) is 19.2 Å². The number of aromatic amines is 1. The third-order valence-corrected chi connectivity index (χ3v) is 8.98. The molecule has 1 aliphatic rings. The summed E-state index contributed by atoms with van der Waals surface area (Å²) in [6.07, 6.45) is 0. The number of hydrogen-bond donors (Lipinski definition) is 1. The molecule has 1 N–H and O–H groups in total. The molecular weight excluding hydrogens is 464 g/mol. The number of nitrogens with zero attached hydrogens (tertiary/aromatic N) is 3. The predicted octanol–water partition coefficient (Wildman–Crippen LogP) is 2.81. The molecule has 148 valence electrons. The van der Waals surface area contributed by atoms with Gasteiger partial charge in [0.2, 0.25) is 0 Å². The van der Waals surface area contributed by atoms with Crippen LogP contribution < -0.4 is 5.56 Å². The van der Waals surface area contributed by atoms with Gasteiger partial charge in [-0.05, 0) is 47.1 Å². The molecule has 1 atom stereocenters. The van der Waals surface area contributed by atoms with Crippen LogP contribution in [0.3, 0.4) is 0 Å². The van der Waals surface area contributed by atoms with Gasteiger partial charge in [-0.3, -0.25) is 9.69 Å². The van der Waals surface area contributed by atoms with E-state index in [2.05, 4.69) is 30.8 Å². The topological polar surface area (TPSA) is 86.4 Å². The van der Waals surface area contributed by atoms with Crippen LogP contribution in [0.15, 0.2) is 49.2 Å². The molecule has 1 aliphatic heterocycles. The van der Waals surface area contributed by atoms with Crippen LogP contribution in [0.5, 0.6) is 0 Å². The Balaban J connectivity index is 1.50. The van der Waals surface area contributed by atoms with Crippen LogP contribution in [0.4, 0.5) is 0 Å². The number of rotatable bonds is 4. The molecule has 4 rings (SSSR count). The monoisotopic (exact) mass is 482 g/mol. The zero-order valence-electron chi connectivity index (χ0n) is 15.1. The predicted molar refractivity (Wildman–Crippen MR) is 113 cm³/mol. The van der Waals surface area contributed by atoms with Crippen LogP contribution in [-0.4, -0.2) is 53.8 Å². The van der Waals surface area contributed by atoms with Crippen LogP contribution in [0.25, 0.3) is 10.9 Å². The van der Waals surface area contributed by atoms with Crippen LogP contribution >= 0.6 is 27.3 Å². The van der Waals surface area contributed by atoms with Crippen molar-refractivity contribution in [3.63, 3.8) is 0 Å². The van der Waals surface area contributed by atoms with Gasteiger partial charge in [0.1, 0.15) is 10.0 Å². The van der Waals surface area contributed by atoms with Gasteiger partial charge >= 0.3 is 0 Å². The number of sulfonamides is 1. The highest BCUT2D eigenvalue weighted by molar-refractivity contribution is 9.11. The second-order valence-corrected chi connectivity index (χ2v) is 11.3. The highest BCUT2D eigenvalue weighted by Gasteiger charge is 2.31. The van der Waals surface area contributed by atoms with Crippen molar-refractivity contribution in [2.75, 3.05) is 26.2 Å². The summed E-state index contributed by atoms with van der Waals surface area (Å²) >= 11 is 4.54. The summed E-state index contributed by atoms with van der Waals surface area (Å²) < 4.78 is 28.2. The molecule has 0 radical (unpaired) electrons. The van der Waals surface area contributed by atoms with Crippen molar-refractivity contribution in [3.05, 3.63) is 56.4 Å². The molecule has 1 unspecified atom stereocenters. The SMILES string of the molecule is CC(c1nc2ccccc2c(=O)[nH]1)N1CCN(S(=O)(=O)c2ccc(Br)s2)CC1. The molecule has 0 saturated carbocycles. The first-order valence-corrected chi connectivity index (χ1v) is 11.9. The Morgan fingerprint density at radius 3 is 2.54 bits per heavy atom. The lowest BCUT2D eigenvalue weighted by Gasteiger charge is -2.36. The Bertz CT molecular complexity index is 1170. The van der Waals surface area contributed by atoms with E-state index in [1.165, 1.54) is 15.6 Å². The average molecular weight is 483 g/mol. The fourth-order valence-corrected chi connectivity index (χ4v) is 6.96. The molecule has 2 aromatic heterocycles. The zero-order valence-corrected chi connectivity index (χ0v) is 18.3. The summed E-state index contributed by atoms with van der Waals surface area (Å²) in [7, 11) is -3.47. The number of benzene rings is 1. The number of nitrogens with one attached hydrogen (secondary N) is 1. The van der Waals surface area contributed by atoms with Gasteiger partial charge in [-0.1, -0.05) is 12.1 Å². The molecule has 0 bridgehead atoms. The Hall–Kier alpha value is -1.59. The van der Waals surface area contributed by atoms with Gasteiger partial charge in [0.15, 0.2) is 0 Å². The number of para-hydroxylation sites is 1. The molecule has 0 amide bonds. The van der Waals surface area contributed by atoms with Crippen molar-refractivity contribution >= 4 is 48.2 Å². The molecule has 28 heavy (non-hydrogen) atoms. The zero-order chi connectivity index (χ0) is 19.9. The van der Waals surface area contributed by atoms with E-state index < -0.39 is 10.0 Å². The Kier molecular flexibility index (Phi) is 5.41. The largest absolute Gasteiger partial charge is 0.309 e. The summed E-state index contributed by atoms with van der Waals surface area (Å²) in [5, 5.41) is 0.566. The number of piperazine rings is 1. The second kappa shape index (κ2) is 7.68. The lowest BCUT2D eigenvalue weighted by atomic mass is 10.2. The van der Waals surface area contributed by atoms with Gasteiger partial charge < -0.3 is 4.98 Å². The van der Waals surface area contributed by atoms with Crippen LogP contribution in [0.2, 0.25) is 0 Å². The molecule has 1 saturated heterocycles. The number of fused-ring (bicyclic) bond motifs is 1. The van der Waals surface area contributed by atoms with Crippen molar-refractivity contribution in [1.29, 1.82) is 0 Å². The molecule has 7 nitrogen and oxygen atoms in total. The first-order valence-electron chi connectivity index (χ1n) is 8.85. The van der Waals surface area contributed by atoms with Gasteiger partial charge in [0, 0.05) is 26.2 Å². The maximum Gasteiger partial charge on any atom is 0.258 e. The molecular formula is C18H19BrN4O3S2. The molecule has 0 aliphatic carbocycles. The number of aromatic nitrogens is 2. The molecule has 10 heteroatoms. The third-order valence-electron chi connectivity index (χ3n) is 4.99. The minimum atomic E-state index is -3.47. The lowest BCUT2D eigenvalue weighted by Crippen LogP contribution is -2.49. The summed E-state index contributed by atoms with van der Waals surface area (Å²) in [6.45, 7) is 3.93.